The molecule has 0 aromatic heterocycles. The van der Waals surface area contributed by atoms with Gasteiger partial charge in [0.1, 0.15) is 12.6 Å². The highest BCUT2D eigenvalue weighted by molar-refractivity contribution is 5.95. The Morgan fingerprint density at radius 3 is 2.65 bits per heavy atom. The zero-order valence-electron chi connectivity index (χ0n) is 15.4. The number of fused-ring (bicyclic) bond motifs is 1. The zero-order chi connectivity index (χ0) is 18.7. The summed E-state index contributed by atoms with van der Waals surface area (Å²) in [7, 11) is 3.91. The average Bonchev–Trinajstić information content (AvgIpc) is 3.10. The fourth-order valence-electron chi connectivity index (χ4n) is 3.48. The molecule has 0 unspecified atom stereocenters. The lowest BCUT2D eigenvalue weighted by atomic mass is 10.1. The predicted octanol–water partition coefficient (Wildman–Crippen LogP) is 0.311. The SMILES string of the molecule is CN(C)CCNC(=O)c1ccc(CN2CC(=O)N3CCC[C@H]3C2=O)cc1. The smallest absolute Gasteiger partial charge is 0.251 e. The molecule has 2 aliphatic rings. The normalized spacial score (nSPS) is 19.9. The predicted molar refractivity (Wildman–Crippen MR) is 97.5 cm³/mol. The summed E-state index contributed by atoms with van der Waals surface area (Å²) >= 11 is 0. The molecule has 2 aliphatic heterocycles. The molecular formula is C19H26N4O3. The van der Waals surface area contributed by atoms with E-state index in [1.165, 1.54) is 0 Å². The highest BCUT2D eigenvalue weighted by Crippen LogP contribution is 2.24. The van der Waals surface area contributed by atoms with Gasteiger partial charge in [0, 0.05) is 31.7 Å². The molecule has 0 saturated carbocycles. The van der Waals surface area contributed by atoms with E-state index in [0.717, 1.165) is 24.9 Å². The molecule has 7 heteroatoms. The van der Waals surface area contributed by atoms with Crippen molar-refractivity contribution in [1.29, 1.82) is 0 Å². The van der Waals surface area contributed by atoms with Gasteiger partial charge in [-0.25, -0.2) is 0 Å². The molecule has 3 rings (SSSR count). The van der Waals surface area contributed by atoms with Gasteiger partial charge in [0.25, 0.3) is 5.91 Å². The summed E-state index contributed by atoms with van der Waals surface area (Å²) in [6, 6.07) is 6.94. The van der Waals surface area contributed by atoms with Crippen LogP contribution in [0.4, 0.5) is 0 Å². The molecule has 1 aromatic carbocycles. The molecule has 140 valence electrons. The molecule has 1 aromatic rings. The van der Waals surface area contributed by atoms with Crippen LogP contribution >= 0.6 is 0 Å². The second-order valence-corrected chi connectivity index (χ2v) is 7.20. The summed E-state index contributed by atoms with van der Waals surface area (Å²) in [6.45, 7) is 2.61. The van der Waals surface area contributed by atoms with E-state index in [0.29, 0.717) is 25.2 Å². The first-order valence-electron chi connectivity index (χ1n) is 9.06. The summed E-state index contributed by atoms with van der Waals surface area (Å²) in [4.78, 5) is 42.2. The molecule has 0 bridgehead atoms. The van der Waals surface area contributed by atoms with Crippen molar-refractivity contribution in [2.45, 2.75) is 25.4 Å². The zero-order valence-corrected chi connectivity index (χ0v) is 15.4. The van der Waals surface area contributed by atoms with Crippen molar-refractivity contribution in [3.05, 3.63) is 35.4 Å². The van der Waals surface area contributed by atoms with Gasteiger partial charge < -0.3 is 20.0 Å². The summed E-state index contributed by atoms with van der Waals surface area (Å²) in [5.41, 5.74) is 1.51. The van der Waals surface area contributed by atoms with Crippen LogP contribution in [0.5, 0.6) is 0 Å². The summed E-state index contributed by atoms with van der Waals surface area (Å²) in [5, 5.41) is 2.87. The Kier molecular flexibility index (Phi) is 5.56. The van der Waals surface area contributed by atoms with E-state index in [-0.39, 0.29) is 30.3 Å². The van der Waals surface area contributed by atoms with Crippen LogP contribution in [-0.4, -0.2) is 78.7 Å². The minimum Gasteiger partial charge on any atom is -0.351 e. The number of piperazine rings is 1. The lowest BCUT2D eigenvalue weighted by Gasteiger charge is -2.36. The molecule has 1 atom stereocenters. The van der Waals surface area contributed by atoms with Gasteiger partial charge in [0.15, 0.2) is 0 Å². The van der Waals surface area contributed by atoms with E-state index in [9.17, 15) is 14.4 Å². The van der Waals surface area contributed by atoms with Crippen molar-refractivity contribution in [3.8, 4) is 0 Å². The van der Waals surface area contributed by atoms with Crippen LogP contribution in [0.2, 0.25) is 0 Å². The Morgan fingerprint density at radius 1 is 1.23 bits per heavy atom. The van der Waals surface area contributed by atoms with Crippen molar-refractivity contribution in [1.82, 2.24) is 20.0 Å². The van der Waals surface area contributed by atoms with E-state index < -0.39 is 0 Å². The second-order valence-electron chi connectivity index (χ2n) is 7.20. The van der Waals surface area contributed by atoms with Crippen molar-refractivity contribution in [3.63, 3.8) is 0 Å². The highest BCUT2D eigenvalue weighted by Gasteiger charge is 2.41. The summed E-state index contributed by atoms with van der Waals surface area (Å²) < 4.78 is 0. The topological polar surface area (TPSA) is 73.0 Å². The fourth-order valence-corrected chi connectivity index (χ4v) is 3.48. The van der Waals surface area contributed by atoms with E-state index in [1.54, 1.807) is 21.9 Å². The third-order valence-electron chi connectivity index (χ3n) is 4.93. The molecule has 0 radical (unpaired) electrons. The van der Waals surface area contributed by atoms with E-state index in [2.05, 4.69) is 5.32 Å². The monoisotopic (exact) mass is 358 g/mol. The number of carbonyl (C=O) groups is 3. The Bertz CT molecular complexity index is 687. The van der Waals surface area contributed by atoms with E-state index in [1.807, 2.05) is 31.1 Å². The number of hydrogen-bond donors (Lipinski definition) is 1. The molecule has 7 nitrogen and oxygen atoms in total. The number of benzene rings is 1. The van der Waals surface area contributed by atoms with Gasteiger partial charge in [-0.1, -0.05) is 12.1 Å². The third-order valence-corrected chi connectivity index (χ3v) is 4.93. The van der Waals surface area contributed by atoms with Crippen LogP contribution in [-0.2, 0) is 16.1 Å². The molecule has 2 fully saturated rings. The van der Waals surface area contributed by atoms with Crippen LogP contribution in [0.15, 0.2) is 24.3 Å². The van der Waals surface area contributed by atoms with Gasteiger partial charge in [0.05, 0.1) is 0 Å². The lowest BCUT2D eigenvalue weighted by Crippen LogP contribution is -2.56. The van der Waals surface area contributed by atoms with Gasteiger partial charge in [-0.2, -0.15) is 0 Å². The first-order chi connectivity index (χ1) is 12.5. The quantitative estimate of drug-likeness (QED) is 0.794. The second kappa shape index (κ2) is 7.86. The fraction of sp³-hybridized carbons (Fsp3) is 0.526. The maximum absolute atomic E-state index is 12.6. The molecule has 3 amide bonds. The Labute approximate surface area is 153 Å². The van der Waals surface area contributed by atoms with Gasteiger partial charge >= 0.3 is 0 Å². The molecule has 0 spiro atoms. The maximum Gasteiger partial charge on any atom is 0.251 e. The average molecular weight is 358 g/mol. The summed E-state index contributed by atoms with van der Waals surface area (Å²) in [5.74, 6) is -0.0409. The molecule has 26 heavy (non-hydrogen) atoms. The first kappa shape index (κ1) is 18.4. The van der Waals surface area contributed by atoms with Crippen LogP contribution < -0.4 is 5.32 Å². The first-order valence-corrected chi connectivity index (χ1v) is 9.06. The standard InChI is InChI=1S/C19H26N4O3/c1-21(2)11-9-20-18(25)15-7-5-14(6-8-15)12-22-13-17(24)23-10-3-4-16(23)19(22)26/h5-8,16H,3-4,9-13H2,1-2H3,(H,20,25)/t16-/m0/s1. The van der Waals surface area contributed by atoms with Gasteiger partial charge in [-0.15, -0.1) is 0 Å². The van der Waals surface area contributed by atoms with E-state index in [4.69, 9.17) is 0 Å². The van der Waals surface area contributed by atoms with Gasteiger partial charge in [-0.3, -0.25) is 14.4 Å². The third kappa shape index (κ3) is 4.04. The molecule has 2 saturated heterocycles. The molecule has 0 aliphatic carbocycles. The van der Waals surface area contributed by atoms with Crippen LogP contribution in [0, 0.1) is 0 Å². The number of amides is 3. The minimum atomic E-state index is -0.280. The maximum atomic E-state index is 12.6. The number of nitrogens with zero attached hydrogens (tertiary/aromatic N) is 3. The number of hydrogen-bond acceptors (Lipinski definition) is 4. The number of nitrogens with one attached hydrogen (secondary N) is 1. The van der Waals surface area contributed by atoms with Crippen molar-refractivity contribution >= 4 is 17.7 Å². The van der Waals surface area contributed by atoms with Crippen molar-refractivity contribution in [2.24, 2.45) is 0 Å². The highest BCUT2D eigenvalue weighted by atomic mass is 16.2. The number of carbonyl (C=O) groups excluding carboxylic acids is 3. The minimum absolute atomic E-state index is 0.0315. The van der Waals surface area contributed by atoms with Crippen LogP contribution in [0.25, 0.3) is 0 Å². The van der Waals surface area contributed by atoms with Gasteiger partial charge in [-0.05, 0) is 44.6 Å². The van der Waals surface area contributed by atoms with E-state index >= 15 is 0 Å². The van der Waals surface area contributed by atoms with Crippen molar-refractivity contribution in [2.75, 3.05) is 40.3 Å². The van der Waals surface area contributed by atoms with Gasteiger partial charge in [0.2, 0.25) is 11.8 Å². The van der Waals surface area contributed by atoms with Crippen molar-refractivity contribution < 1.29 is 14.4 Å². The summed E-state index contributed by atoms with van der Waals surface area (Å²) in [6.07, 6.45) is 1.65. The largest absolute Gasteiger partial charge is 0.351 e. The Morgan fingerprint density at radius 2 is 1.96 bits per heavy atom. The molecule has 1 N–H and O–H groups in total. The molecular weight excluding hydrogens is 332 g/mol. The number of rotatable bonds is 6. The Hall–Kier alpha value is -2.41. The molecule has 2 heterocycles. The Balaban J connectivity index is 1.58. The van der Waals surface area contributed by atoms with Crippen LogP contribution in [0.1, 0.15) is 28.8 Å². The lowest BCUT2D eigenvalue weighted by molar-refractivity contribution is -0.154. The van der Waals surface area contributed by atoms with Crippen LogP contribution in [0.3, 0.4) is 0 Å². The number of likely N-dealkylation sites (N-methyl/N-ethyl adjacent to an activating group) is 1.